The summed E-state index contributed by atoms with van der Waals surface area (Å²) in [4.78, 5) is 24.3. The third-order valence-corrected chi connectivity index (χ3v) is 9.24. The van der Waals surface area contributed by atoms with Crippen LogP contribution in [0.1, 0.15) is 65.7 Å². The molecule has 0 bridgehead atoms. The molecule has 0 unspecified atom stereocenters. The zero-order valence-corrected chi connectivity index (χ0v) is 15.2. The molecule has 1 aliphatic heterocycles. The summed E-state index contributed by atoms with van der Waals surface area (Å²) < 4.78 is 6.35. The SMILES string of the molecule is CC(=O)[C@H]1CC[C@H]2[C@@H]3CC[C@H]4CC(=O)CC[C@]4(C)[C@H]3[C@H]3O[C@@H]3[C@]12C. The van der Waals surface area contributed by atoms with E-state index in [1.807, 2.05) is 0 Å². The Kier molecular flexibility index (Phi) is 3.06. The number of ether oxygens (including phenoxy) is 1. The predicted molar refractivity (Wildman–Crippen MR) is 90.3 cm³/mol. The zero-order valence-electron chi connectivity index (χ0n) is 15.2. The van der Waals surface area contributed by atoms with Crippen molar-refractivity contribution in [3.8, 4) is 0 Å². The molecule has 3 nitrogen and oxygen atoms in total. The predicted octanol–water partition coefficient (Wildman–Crippen LogP) is 3.79. The number of Topliss-reactive ketones (excluding diaryl/α,β-unsaturated/α-hetero) is 2. The van der Waals surface area contributed by atoms with E-state index in [0.717, 1.165) is 25.7 Å². The molecular weight excluding hydrogens is 300 g/mol. The van der Waals surface area contributed by atoms with E-state index in [1.165, 1.54) is 19.3 Å². The highest BCUT2D eigenvalue weighted by Gasteiger charge is 2.73. The summed E-state index contributed by atoms with van der Waals surface area (Å²) in [5.41, 5.74) is 0.358. The van der Waals surface area contributed by atoms with Gasteiger partial charge < -0.3 is 4.74 Å². The van der Waals surface area contributed by atoms with Gasteiger partial charge in [0.1, 0.15) is 11.6 Å². The Labute approximate surface area is 144 Å². The first-order valence-electron chi connectivity index (χ1n) is 10.0. The number of rotatable bonds is 1. The van der Waals surface area contributed by atoms with Crippen LogP contribution in [0.3, 0.4) is 0 Å². The van der Waals surface area contributed by atoms with Crippen LogP contribution in [0.5, 0.6) is 0 Å². The number of epoxide rings is 1. The number of carbonyl (C=O) groups excluding carboxylic acids is 2. The van der Waals surface area contributed by atoms with Crippen LogP contribution in [0.15, 0.2) is 0 Å². The van der Waals surface area contributed by atoms with Gasteiger partial charge in [0, 0.05) is 24.2 Å². The van der Waals surface area contributed by atoms with Gasteiger partial charge in [-0.05, 0) is 68.1 Å². The van der Waals surface area contributed by atoms with Crippen LogP contribution in [-0.2, 0) is 14.3 Å². The van der Waals surface area contributed by atoms with Crippen LogP contribution in [0.2, 0.25) is 0 Å². The standard InChI is InChI=1S/C21H30O3/c1-11(22)15-6-7-16-14-5-4-12-10-13(23)8-9-20(12,2)17(14)18-19(24-18)21(15,16)3/h12,14-19H,4-10H2,1-3H3/t12-,14-,15+,16-,17+,18+,19-,20-,21+/m0/s1. The van der Waals surface area contributed by atoms with Crippen molar-refractivity contribution in [2.75, 3.05) is 0 Å². The first-order valence-corrected chi connectivity index (χ1v) is 10.0. The van der Waals surface area contributed by atoms with Crippen LogP contribution < -0.4 is 0 Å². The van der Waals surface area contributed by atoms with Crippen LogP contribution in [0.25, 0.3) is 0 Å². The van der Waals surface area contributed by atoms with Gasteiger partial charge in [0.05, 0.1) is 12.2 Å². The van der Waals surface area contributed by atoms with E-state index in [1.54, 1.807) is 6.92 Å². The van der Waals surface area contributed by atoms with E-state index >= 15 is 0 Å². The molecule has 4 aliphatic carbocycles. The Balaban J connectivity index is 1.52. The van der Waals surface area contributed by atoms with E-state index in [9.17, 15) is 9.59 Å². The van der Waals surface area contributed by atoms with E-state index in [4.69, 9.17) is 4.74 Å². The number of ketones is 2. The van der Waals surface area contributed by atoms with Gasteiger partial charge in [0.25, 0.3) is 0 Å². The fraction of sp³-hybridized carbons (Fsp3) is 0.905. The molecule has 0 aromatic rings. The van der Waals surface area contributed by atoms with Crippen LogP contribution in [-0.4, -0.2) is 23.8 Å². The van der Waals surface area contributed by atoms with E-state index < -0.39 is 0 Å². The number of hydrogen-bond acceptors (Lipinski definition) is 3. The number of carbonyl (C=O) groups is 2. The fourth-order valence-corrected chi connectivity index (χ4v) is 8.08. The molecule has 5 fully saturated rings. The smallest absolute Gasteiger partial charge is 0.133 e. The van der Waals surface area contributed by atoms with Crippen molar-refractivity contribution in [1.82, 2.24) is 0 Å². The summed E-state index contributed by atoms with van der Waals surface area (Å²) in [6.07, 6.45) is 8.00. The molecule has 5 aliphatic rings. The minimum Gasteiger partial charge on any atom is -0.369 e. The molecule has 5 rings (SSSR count). The molecule has 0 radical (unpaired) electrons. The highest BCUT2D eigenvalue weighted by molar-refractivity contribution is 5.80. The van der Waals surface area contributed by atoms with Crippen LogP contribution >= 0.6 is 0 Å². The second-order valence-corrected chi connectivity index (χ2v) is 9.95. The maximum absolute atomic E-state index is 12.3. The average molecular weight is 330 g/mol. The monoisotopic (exact) mass is 330 g/mol. The lowest BCUT2D eigenvalue weighted by Crippen LogP contribution is -2.57. The van der Waals surface area contributed by atoms with Crippen molar-refractivity contribution in [3.63, 3.8) is 0 Å². The molecule has 3 heteroatoms. The van der Waals surface area contributed by atoms with Gasteiger partial charge in [-0.2, -0.15) is 0 Å². The third-order valence-electron chi connectivity index (χ3n) is 9.24. The highest BCUT2D eigenvalue weighted by Crippen LogP contribution is 2.72. The van der Waals surface area contributed by atoms with E-state index in [-0.39, 0.29) is 16.7 Å². The lowest BCUT2D eigenvalue weighted by Gasteiger charge is -2.58. The van der Waals surface area contributed by atoms with Crippen molar-refractivity contribution in [2.45, 2.75) is 77.9 Å². The third kappa shape index (κ3) is 1.73. The molecule has 1 saturated heterocycles. The second-order valence-electron chi connectivity index (χ2n) is 9.95. The normalized spacial score (nSPS) is 58.3. The Morgan fingerprint density at radius 3 is 2.71 bits per heavy atom. The minimum atomic E-state index is 0.0748. The molecule has 0 aromatic heterocycles. The van der Waals surface area contributed by atoms with Crippen molar-refractivity contribution < 1.29 is 14.3 Å². The molecule has 9 atom stereocenters. The maximum Gasteiger partial charge on any atom is 0.133 e. The Morgan fingerprint density at radius 1 is 1.17 bits per heavy atom. The molecule has 1 heterocycles. The zero-order chi connectivity index (χ0) is 16.9. The lowest BCUT2D eigenvalue weighted by molar-refractivity contribution is -0.138. The molecular formula is C21H30O3. The van der Waals surface area contributed by atoms with Gasteiger partial charge in [-0.15, -0.1) is 0 Å². The minimum absolute atomic E-state index is 0.0748. The van der Waals surface area contributed by atoms with Gasteiger partial charge >= 0.3 is 0 Å². The molecule has 24 heavy (non-hydrogen) atoms. The number of fused-ring (bicyclic) bond motifs is 8. The summed E-state index contributed by atoms with van der Waals surface area (Å²) >= 11 is 0. The first-order chi connectivity index (χ1) is 11.4. The van der Waals surface area contributed by atoms with Gasteiger partial charge in [-0.1, -0.05) is 13.8 Å². The second kappa shape index (κ2) is 4.72. The molecule has 0 spiro atoms. The van der Waals surface area contributed by atoms with Crippen molar-refractivity contribution in [3.05, 3.63) is 0 Å². The Morgan fingerprint density at radius 2 is 1.96 bits per heavy atom. The lowest BCUT2D eigenvalue weighted by atomic mass is 9.44. The maximum atomic E-state index is 12.3. The molecule has 0 aromatic carbocycles. The molecule has 4 saturated carbocycles. The van der Waals surface area contributed by atoms with Crippen LogP contribution in [0, 0.1) is 40.4 Å². The Bertz CT molecular complexity index is 612. The highest BCUT2D eigenvalue weighted by atomic mass is 16.6. The summed E-state index contributed by atoms with van der Waals surface area (Å²) in [5.74, 6) is 3.60. The molecule has 0 amide bonds. The van der Waals surface area contributed by atoms with Gasteiger partial charge in [0.15, 0.2) is 0 Å². The van der Waals surface area contributed by atoms with Gasteiger partial charge in [0.2, 0.25) is 0 Å². The summed E-state index contributed by atoms with van der Waals surface area (Å²) in [7, 11) is 0. The largest absolute Gasteiger partial charge is 0.369 e. The topological polar surface area (TPSA) is 46.7 Å². The summed E-state index contributed by atoms with van der Waals surface area (Å²) in [6.45, 7) is 6.60. The van der Waals surface area contributed by atoms with Crippen molar-refractivity contribution >= 4 is 11.6 Å². The molecule has 0 N–H and O–H groups in total. The van der Waals surface area contributed by atoms with Crippen molar-refractivity contribution in [1.29, 1.82) is 0 Å². The van der Waals surface area contributed by atoms with Crippen molar-refractivity contribution in [2.24, 2.45) is 40.4 Å². The van der Waals surface area contributed by atoms with Crippen LogP contribution in [0.4, 0.5) is 0 Å². The first kappa shape index (κ1) is 15.5. The van der Waals surface area contributed by atoms with E-state index in [0.29, 0.717) is 47.4 Å². The fourth-order valence-electron chi connectivity index (χ4n) is 8.08. The number of hydrogen-bond donors (Lipinski definition) is 0. The van der Waals surface area contributed by atoms with Gasteiger partial charge in [-0.25, -0.2) is 0 Å². The van der Waals surface area contributed by atoms with E-state index in [2.05, 4.69) is 13.8 Å². The Hall–Kier alpha value is -0.700. The average Bonchev–Trinajstić information content (AvgIpc) is 3.24. The quantitative estimate of drug-likeness (QED) is 0.687. The van der Waals surface area contributed by atoms with Gasteiger partial charge in [-0.3, -0.25) is 9.59 Å². The summed E-state index contributed by atoms with van der Waals surface area (Å²) in [5, 5.41) is 0. The summed E-state index contributed by atoms with van der Waals surface area (Å²) in [6, 6.07) is 0. The molecule has 132 valence electrons.